The average Bonchev–Trinajstić information content (AvgIpc) is 2.01. The standard InChI is InChI=1S/C10H19N3S/c1-7(2)12-10(11)6-8(3)13-9(4)14-5/h6-7,13H,4H2,1-3,5H3,(H2,11,12). The van der Waals surface area contributed by atoms with Gasteiger partial charge in [-0.15, -0.1) is 11.8 Å². The van der Waals surface area contributed by atoms with E-state index in [9.17, 15) is 0 Å². The summed E-state index contributed by atoms with van der Waals surface area (Å²) in [7, 11) is 0. The Labute approximate surface area is 90.6 Å². The molecule has 0 aromatic heterocycles. The fourth-order valence-electron chi connectivity index (χ4n) is 0.864. The third-order valence-electron chi connectivity index (χ3n) is 1.35. The fraction of sp³-hybridized carbons (Fsp3) is 0.500. The van der Waals surface area contributed by atoms with Crippen molar-refractivity contribution in [2.24, 2.45) is 10.7 Å². The van der Waals surface area contributed by atoms with Gasteiger partial charge in [0.15, 0.2) is 0 Å². The zero-order valence-corrected chi connectivity index (χ0v) is 10.1. The first kappa shape index (κ1) is 13.1. The van der Waals surface area contributed by atoms with Gasteiger partial charge in [-0.1, -0.05) is 6.58 Å². The Bertz CT molecular complexity index is 254. The summed E-state index contributed by atoms with van der Waals surface area (Å²) in [6.45, 7) is 9.73. The lowest BCUT2D eigenvalue weighted by Crippen LogP contribution is -2.15. The molecule has 4 heteroatoms. The van der Waals surface area contributed by atoms with Crippen LogP contribution in [-0.2, 0) is 0 Å². The maximum absolute atomic E-state index is 5.69. The molecular weight excluding hydrogens is 194 g/mol. The number of hydrogen-bond donors (Lipinski definition) is 2. The molecule has 0 aromatic rings. The molecular formula is C10H19N3S. The molecule has 0 amide bonds. The molecule has 0 aromatic carbocycles. The first-order valence-electron chi connectivity index (χ1n) is 4.47. The van der Waals surface area contributed by atoms with Crippen molar-refractivity contribution in [2.75, 3.05) is 6.26 Å². The molecule has 0 aliphatic heterocycles. The molecule has 3 N–H and O–H groups in total. The molecule has 0 atom stereocenters. The molecule has 0 heterocycles. The van der Waals surface area contributed by atoms with Crippen molar-refractivity contribution in [2.45, 2.75) is 26.8 Å². The van der Waals surface area contributed by atoms with E-state index in [1.54, 1.807) is 17.8 Å². The lowest BCUT2D eigenvalue weighted by molar-refractivity contribution is 0.834. The van der Waals surface area contributed by atoms with Crippen LogP contribution in [0.15, 0.2) is 28.4 Å². The number of aliphatic imine (C=N–C) groups is 1. The number of nitrogens with two attached hydrogens (primary N) is 1. The first-order valence-corrected chi connectivity index (χ1v) is 5.69. The number of thioether (sulfide) groups is 1. The average molecular weight is 213 g/mol. The van der Waals surface area contributed by atoms with Crippen molar-refractivity contribution >= 4 is 17.6 Å². The van der Waals surface area contributed by atoms with Crippen molar-refractivity contribution in [1.29, 1.82) is 0 Å². The third-order valence-corrected chi connectivity index (χ3v) is 1.95. The van der Waals surface area contributed by atoms with Gasteiger partial charge in [-0.05, 0) is 33.1 Å². The molecule has 0 spiro atoms. The number of allylic oxidation sites excluding steroid dienone is 1. The second-order valence-electron chi connectivity index (χ2n) is 3.23. The van der Waals surface area contributed by atoms with Crippen LogP contribution in [0.25, 0.3) is 0 Å². The Morgan fingerprint density at radius 3 is 2.57 bits per heavy atom. The summed E-state index contributed by atoms with van der Waals surface area (Å²) in [5, 5.41) is 4.00. The summed E-state index contributed by atoms with van der Waals surface area (Å²) in [6, 6.07) is 0.225. The van der Waals surface area contributed by atoms with Crippen LogP contribution in [-0.4, -0.2) is 18.1 Å². The summed E-state index contributed by atoms with van der Waals surface area (Å²) >= 11 is 1.57. The van der Waals surface area contributed by atoms with Crippen LogP contribution in [0.2, 0.25) is 0 Å². The van der Waals surface area contributed by atoms with Crippen molar-refractivity contribution in [3.8, 4) is 0 Å². The molecule has 3 nitrogen and oxygen atoms in total. The lowest BCUT2D eigenvalue weighted by atomic mass is 10.4. The van der Waals surface area contributed by atoms with E-state index in [2.05, 4.69) is 16.9 Å². The smallest absolute Gasteiger partial charge is 0.120 e. The number of amidine groups is 1. The number of rotatable bonds is 5. The summed E-state index contributed by atoms with van der Waals surface area (Å²) in [6.07, 6.45) is 3.77. The largest absolute Gasteiger partial charge is 0.384 e. The Hall–Kier alpha value is -0.900. The normalized spacial score (nSPS) is 13.2. The maximum Gasteiger partial charge on any atom is 0.120 e. The van der Waals surface area contributed by atoms with Gasteiger partial charge in [0, 0.05) is 11.7 Å². The second kappa shape index (κ2) is 6.54. The van der Waals surface area contributed by atoms with Gasteiger partial charge in [-0.25, -0.2) is 0 Å². The van der Waals surface area contributed by atoms with Gasteiger partial charge < -0.3 is 11.1 Å². The number of nitrogens with zero attached hydrogens (tertiary/aromatic N) is 1. The van der Waals surface area contributed by atoms with Crippen molar-refractivity contribution < 1.29 is 0 Å². The van der Waals surface area contributed by atoms with E-state index in [0.29, 0.717) is 5.84 Å². The Kier molecular flexibility index (Phi) is 6.12. The van der Waals surface area contributed by atoms with Crippen LogP contribution < -0.4 is 11.1 Å². The molecule has 0 saturated heterocycles. The molecule has 0 rings (SSSR count). The third kappa shape index (κ3) is 6.60. The van der Waals surface area contributed by atoms with Crippen LogP contribution in [0.3, 0.4) is 0 Å². The van der Waals surface area contributed by atoms with Crippen LogP contribution in [0, 0.1) is 0 Å². The minimum absolute atomic E-state index is 0.225. The number of hydrogen-bond acceptors (Lipinski definition) is 3. The highest BCUT2D eigenvalue weighted by Crippen LogP contribution is 2.05. The zero-order chi connectivity index (χ0) is 11.1. The minimum Gasteiger partial charge on any atom is -0.384 e. The Morgan fingerprint density at radius 2 is 2.14 bits per heavy atom. The quantitative estimate of drug-likeness (QED) is 0.543. The minimum atomic E-state index is 0.225. The molecule has 0 unspecified atom stereocenters. The van der Waals surface area contributed by atoms with Crippen molar-refractivity contribution in [3.63, 3.8) is 0 Å². The van der Waals surface area contributed by atoms with Gasteiger partial charge in [0.25, 0.3) is 0 Å². The highest BCUT2D eigenvalue weighted by Gasteiger charge is 1.94. The summed E-state index contributed by atoms with van der Waals surface area (Å²) < 4.78 is 0. The van der Waals surface area contributed by atoms with Crippen LogP contribution in [0.1, 0.15) is 20.8 Å². The first-order chi connectivity index (χ1) is 6.45. The molecule has 0 saturated carbocycles. The van der Waals surface area contributed by atoms with E-state index >= 15 is 0 Å². The van der Waals surface area contributed by atoms with Crippen LogP contribution >= 0.6 is 11.8 Å². The van der Waals surface area contributed by atoms with Gasteiger partial charge in [-0.2, -0.15) is 0 Å². The Morgan fingerprint density at radius 1 is 1.57 bits per heavy atom. The molecule has 0 bridgehead atoms. The molecule has 80 valence electrons. The number of nitrogens with one attached hydrogen (secondary N) is 1. The lowest BCUT2D eigenvalue weighted by Gasteiger charge is -2.06. The van der Waals surface area contributed by atoms with Crippen LogP contribution in [0.4, 0.5) is 0 Å². The monoisotopic (exact) mass is 213 g/mol. The fourth-order valence-corrected chi connectivity index (χ4v) is 1.13. The van der Waals surface area contributed by atoms with Gasteiger partial charge in [0.2, 0.25) is 0 Å². The van der Waals surface area contributed by atoms with E-state index in [4.69, 9.17) is 5.73 Å². The van der Waals surface area contributed by atoms with E-state index in [1.165, 1.54) is 0 Å². The molecule has 0 radical (unpaired) electrons. The van der Waals surface area contributed by atoms with Gasteiger partial charge in [0.05, 0.1) is 5.03 Å². The van der Waals surface area contributed by atoms with Crippen LogP contribution in [0.5, 0.6) is 0 Å². The predicted octanol–water partition coefficient (Wildman–Crippen LogP) is 2.08. The summed E-state index contributed by atoms with van der Waals surface area (Å²) in [4.78, 5) is 4.19. The highest BCUT2D eigenvalue weighted by atomic mass is 32.2. The Balaban J connectivity index is 4.29. The maximum atomic E-state index is 5.69. The SMILES string of the molecule is C=C(NC(C)=CC(N)=NC(C)C)SC. The summed E-state index contributed by atoms with van der Waals surface area (Å²) in [5.41, 5.74) is 6.64. The van der Waals surface area contributed by atoms with Gasteiger partial charge >= 0.3 is 0 Å². The van der Waals surface area contributed by atoms with E-state index in [1.807, 2.05) is 27.0 Å². The van der Waals surface area contributed by atoms with Crippen molar-refractivity contribution in [1.82, 2.24) is 5.32 Å². The van der Waals surface area contributed by atoms with E-state index in [-0.39, 0.29) is 6.04 Å². The second-order valence-corrected chi connectivity index (χ2v) is 4.13. The van der Waals surface area contributed by atoms with Gasteiger partial charge in [0.1, 0.15) is 5.84 Å². The van der Waals surface area contributed by atoms with Gasteiger partial charge in [-0.3, -0.25) is 4.99 Å². The molecule has 14 heavy (non-hydrogen) atoms. The zero-order valence-electron chi connectivity index (χ0n) is 9.29. The van der Waals surface area contributed by atoms with Crippen molar-refractivity contribution in [3.05, 3.63) is 23.4 Å². The van der Waals surface area contributed by atoms with E-state index < -0.39 is 0 Å². The molecule has 0 fully saturated rings. The molecule has 0 aliphatic carbocycles. The highest BCUT2D eigenvalue weighted by molar-refractivity contribution is 8.02. The van der Waals surface area contributed by atoms with E-state index in [0.717, 1.165) is 10.7 Å². The molecule has 0 aliphatic rings. The predicted molar refractivity (Wildman–Crippen MR) is 66.3 cm³/mol. The summed E-state index contributed by atoms with van der Waals surface area (Å²) in [5.74, 6) is 0.541. The topological polar surface area (TPSA) is 50.4 Å².